The third-order valence-electron chi connectivity index (χ3n) is 4.58. The lowest BCUT2D eigenvalue weighted by molar-refractivity contribution is 0.143. The summed E-state index contributed by atoms with van der Waals surface area (Å²) in [7, 11) is -3.48. The molecule has 1 atom stereocenters. The molecular weight excluding hydrogens is 370 g/mol. The molecule has 1 saturated heterocycles. The van der Waals surface area contributed by atoms with Crippen LogP contribution in [0.25, 0.3) is 0 Å². The van der Waals surface area contributed by atoms with Gasteiger partial charge in [-0.15, -0.1) is 11.3 Å². The van der Waals surface area contributed by atoms with Crippen molar-refractivity contribution in [1.82, 2.24) is 15.5 Å². The van der Waals surface area contributed by atoms with Gasteiger partial charge in [-0.25, -0.2) is 13.6 Å². The van der Waals surface area contributed by atoms with Crippen LogP contribution in [0.4, 0.5) is 0 Å². The van der Waals surface area contributed by atoms with Gasteiger partial charge in [0.25, 0.3) is 0 Å². The van der Waals surface area contributed by atoms with E-state index in [1.165, 1.54) is 17.7 Å². The van der Waals surface area contributed by atoms with Crippen LogP contribution in [0.1, 0.15) is 37.6 Å². The lowest BCUT2D eigenvalue weighted by atomic mass is 9.97. The molecule has 0 aromatic carbocycles. The number of hydrogen-bond donors (Lipinski definition) is 3. The fraction of sp³-hybridized carbons (Fsp3) is 0.706. The van der Waals surface area contributed by atoms with Gasteiger partial charge in [-0.3, -0.25) is 9.89 Å². The third kappa shape index (κ3) is 7.22. The maximum absolute atomic E-state index is 11.1. The number of guanidine groups is 1. The van der Waals surface area contributed by atoms with Crippen molar-refractivity contribution >= 4 is 27.3 Å². The molecule has 1 aliphatic rings. The SMILES string of the molecule is CCNC(=NCC(c1cccs1)N1CCC(C)CC1)NCCS(N)(=O)=O. The summed E-state index contributed by atoms with van der Waals surface area (Å²) in [6, 6.07) is 4.51. The van der Waals surface area contributed by atoms with E-state index in [0.29, 0.717) is 19.0 Å². The molecule has 2 rings (SSSR count). The summed E-state index contributed by atoms with van der Waals surface area (Å²) in [5.74, 6) is 1.30. The number of rotatable bonds is 8. The highest BCUT2D eigenvalue weighted by Crippen LogP contribution is 2.29. The second-order valence-corrected chi connectivity index (χ2v) is 9.48. The average molecular weight is 402 g/mol. The third-order valence-corrected chi connectivity index (χ3v) is 6.32. The quantitative estimate of drug-likeness (QED) is 0.451. The Morgan fingerprint density at radius 2 is 2.15 bits per heavy atom. The standard InChI is InChI=1S/C17H31N5O2S2/c1-3-19-17(20-8-12-26(18,23)24)21-13-15(16-5-4-11-25-16)22-9-6-14(2)7-10-22/h4-5,11,14-15H,3,6-10,12-13H2,1-2H3,(H2,18,23,24)(H2,19,20,21). The predicted molar refractivity (Wildman–Crippen MR) is 109 cm³/mol. The number of primary sulfonamides is 1. The van der Waals surface area contributed by atoms with Crippen molar-refractivity contribution in [1.29, 1.82) is 0 Å². The summed E-state index contributed by atoms with van der Waals surface area (Å²) >= 11 is 1.76. The second kappa shape index (κ2) is 10.2. The highest BCUT2D eigenvalue weighted by molar-refractivity contribution is 7.89. The minimum absolute atomic E-state index is 0.115. The van der Waals surface area contributed by atoms with Crippen molar-refractivity contribution in [2.75, 3.05) is 38.5 Å². The molecular formula is C17H31N5O2S2. The highest BCUT2D eigenvalue weighted by Gasteiger charge is 2.25. The summed E-state index contributed by atoms with van der Waals surface area (Å²) in [5, 5.41) is 13.4. The summed E-state index contributed by atoms with van der Waals surface area (Å²) < 4.78 is 22.2. The van der Waals surface area contributed by atoms with E-state index in [9.17, 15) is 8.42 Å². The Morgan fingerprint density at radius 1 is 1.42 bits per heavy atom. The molecule has 0 amide bonds. The lowest BCUT2D eigenvalue weighted by Crippen LogP contribution is -2.41. The molecule has 0 spiro atoms. The van der Waals surface area contributed by atoms with Gasteiger partial charge < -0.3 is 10.6 Å². The fourth-order valence-corrected chi connectivity index (χ4v) is 4.28. The van der Waals surface area contributed by atoms with E-state index in [0.717, 1.165) is 19.0 Å². The molecule has 2 heterocycles. The van der Waals surface area contributed by atoms with Gasteiger partial charge in [0.15, 0.2) is 5.96 Å². The highest BCUT2D eigenvalue weighted by atomic mass is 32.2. The van der Waals surface area contributed by atoms with E-state index >= 15 is 0 Å². The zero-order valence-electron chi connectivity index (χ0n) is 15.6. The Bertz CT molecular complexity index is 653. The number of nitrogens with two attached hydrogens (primary N) is 1. The minimum atomic E-state index is -3.48. The predicted octanol–water partition coefficient (Wildman–Crippen LogP) is 1.36. The van der Waals surface area contributed by atoms with Gasteiger partial charge in [0.05, 0.1) is 18.3 Å². The van der Waals surface area contributed by atoms with Crippen molar-refractivity contribution in [3.8, 4) is 0 Å². The van der Waals surface area contributed by atoms with E-state index in [2.05, 4.69) is 40.0 Å². The number of aliphatic imine (C=N–C) groups is 1. The smallest absolute Gasteiger partial charge is 0.210 e. The molecule has 7 nitrogen and oxygen atoms in total. The van der Waals surface area contributed by atoms with Crippen molar-refractivity contribution in [3.05, 3.63) is 22.4 Å². The summed E-state index contributed by atoms with van der Waals surface area (Å²) in [5.41, 5.74) is 0. The van der Waals surface area contributed by atoms with Gasteiger partial charge in [-0.2, -0.15) is 0 Å². The van der Waals surface area contributed by atoms with Crippen molar-refractivity contribution < 1.29 is 8.42 Å². The van der Waals surface area contributed by atoms with Crippen LogP contribution in [-0.4, -0.2) is 57.8 Å². The molecule has 1 aliphatic heterocycles. The molecule has 0 bridgehead atoms. The van der Waals surface area contributed by atoms with E-state index in [4.69, 9.17) is 10.1 Å². The van der Waals surface area contributed by atoms with Gasteiger partial charge in [0.2, 0.25) is 10.0 Å². The van der Waals surface area contributed by atoms with E-state index in [-0.39, 0.29) is 18.3 Å². The molecule has 1 fully saturated rings. The lowest BCUT2D eigenvalue weighted by Gasteiger charge is -2.35. The van der Waals surface area contributed by atoms with Crippen LogP contribution in [0, 0.1) is 5.92 Å². The first-order valence-corrected chi connectivity index (χ1v) is 11.8. The number of nitrogens with one attached hydrogen (secondary N) is 2. The molecule has 1 aromatic heterocycles. The number of piperidine rings is 1. The van der Waals surface area contributed by atoms with Crippen LogP contribution in [0.3, 0.4) is 0 Å². The summed E-state index contributed by atoms with van der Waals surface area (Å²) in [4.78, 5) is 8.55. The van der Waals surface area contributed by atoms with Crippen LogP contribution in [0.15, 0.2) is 22.5 Å². The Balaban J connectivity index is 2.03. The number of thiophene rings is 1. The summed E-state index contributed by atoms with van der Waals surface area (Å²) in [6.45, 7) is 8.08. The molecule has 9 heteroatoms. The molecule has 0 saturated carbocycles. The largest absolute Gasteiger partial charge is 0.357 e. The topological polar surface area (TPSA) is 99.8 Å². The molecule has 26 heavy (non-hydrogen) atoms. The first kappa shape index (κ1) is 21.1. The maximum atomic E-state index is 11.1. The number of nitrogens with zero attached hydrogens (tertiary/aromatic N) is 2. The minimum Gasteiger partial charge on any atom is -0.357 e. The van der Waals surface area contributed by atoms with E-state index in [1.807, 2.05) is 6.92 Å². The van der Waals surface area contributed by atoms with Gasteiger partial charge in [0.1, 0.15) is 0 Å². The Morgan fingerprint density at radius 3 is 2.73 bits per heavy atom. The fourth-order valence-electron chi connectivity index (χ4n) is 3.04. The van der Waals surface area contributed by atoms with Crippen molar-refractivity contribution in [2.24, 2.45) is 16.0 Å². The van der Waals surface area contributed by atoms with Gasteiger partial charge in [-0.1, -0.05) is 13.0 Å². The molecule has 1 aromatic rings. The van der Waals surface area contributed by atoms with Crippen molar-refractivity contribution in [3.63, 3.8) is 0 Å². The average Bonchev–Trinajstić information content (AvgIpc) is 3.09. The van der Waals surface area contributed by atoms with Crippen LogP contribution in [0.5, 0.6) is 0 Å². The van der Waals surface area contributed by atoms with Crippen LogP contribution in [-0.2, 0) is 10.0 Å². The molecule has 148 valence electrons. The Kier molecular flexibility index (Phi) is 8.33. The zero-order chi connectivity index (χ0) is 19.0. The van der Waals surface area contributed by atoms with Gasteiger partial charge >= 0.3 is 0 Å². The monoisotopic (exact) mass is 401 g/mol. The first-order chi connectivity index (χ1) is 12.4. The molecule has 0 aliphatic carbocycles. The number of sulfonamides is 1. The Labute approximate surface area is 161 Å². The zero-order valence-corrected chi connectivity index (χ0v) is 17.3. The van der Waals surface area contributed by atoms with Gasteiger partial charge in [-0.05, 0) is 50.2 Å². The number of hydrogen-bond acceptors (Lipinski definition) is 5. The Hall–Kier alpha value is -1.16. The first-order valence-electron chi connectivity index (χ1n) is 9.19. The molecule has 0 radical (unpaired) electrons. The maximum Gasteiger partial charge on any atom is 0.210 e. The van der Waals surface area contributed by atoms with Crippen LogP contribution < -0.4 is 15.8 Å². The molecule has 4 N–H and O–H groups in total. The van der Waals surface area contributed by atoms with Crippen molar-refractivity contribution in [2.45, 2.75) is 32.7 Å². The number of likely N-dealkylation sites (tertiary alicyclic amines) is 1. The second-order valence-electron chi connectivity index (χ2n) is 6.76. The van der Waals surface area contributed by atoms with Crippen LogP contribution >= 0.6 is 11.3 Å². The van der Waals surface area contributed by atoms with E-state index < -0.39 is 10.0 Å². The molecule has 1 unspecified atom stereocenters. The van der Waals surface area contributed by atoms with E-state index in [1.54, 1.807) is 11.3 Å². The van der Waals surface area contributed by atoms with Crippen LogP contribution in [0.2, 0.25) is 0 Å². The normalized spacial score (nSPS) is 18.7. The van der Waals surface area contributed by atoms with Gasteiger partial charge in [0, 0.05) is 18.0 Å². The summed E-state index contributed by atoms with van der Waals surface area (Å²) in [6.07, 6.45) is 2.44.